The molecule has 2 nitrogen and oxygen atoms in total. The number of hydrogen-bond acceptors (Lipinski definition) is 4. The number of nitrogens with zero attached hydrogens (tertiary/aromatic N) is 2. The Morgan fingerprint density at radius 1 is 0.322 bits per heavy atom. The molecule has 0 aliphatic carbocycles. The Hall–Kier alpha value is -6.24. The van der Waals surface area contributed by atoms with Crippen molar-refractivity contribution in [3.63, 3.8) is 0 Å². The maximum absolute atomic E-state index is 5.06. The Balaban J connectivity index is 1.18. The second-order valence-electron chi connectivity index (χ2n) is 15.6. The van der Waals surface area contributed by atoms with Gasteiger partial charge in [0.25, 0.3) is 0 Å². The average molecular weight is 809 g/mol. The smallest absolute Gasteiger partial charge is 0.133 e. The molecule has 1 aliphatic heterocycles. The third-order valence-electron chi connectivity index (χ3n) is 12.6. The monoisotopic (exact) mass is 808 g/mol. The van der Waals surface area contributed by atoms with E-state index in [9.17, 15) is 0 Å². The van der Waals surface area contributed by atoms with Gasteiger partial charge in [0.05, 0.1) is 20.4 Å². The van der Waals surface area contributed by atoms with E-state index in [-0.39, 0.29) is 22.9 Å². The Bertz CT molecular complexity index is 2730. The summed E-state index contributed by atoms with van der Waals surface area (Å²) in [5, 5.41) is 5.05. The molecule has 0 bridgehead atoms. The first kappa shape index (κ1) is 35.9. The molecule has 282 valence electrons. The quantitative estimate of drug-likeness (QED) is 0.143. The number of thiazole rings is 2. The maximum atomic E-state index is 5.06. The van der Waals surface area contributed by atoms with Crippen LogP contribution in [-0.2, 0) is 0 Å². The number of hydrogen-bond donors (Lipinski definition) is 0. The van der Waals surface area contributed by atoms with Gasteiger partial charge >= 0.3 is 0 Å². The van der Waals surface area contributed by atoms with Crippen LogP contribution in [0.2, 0.25) is 0 Å². The Labute approximate surface area is 354 Å². The molecular formula is C54H40N2S2Si. The maximum Gasteiger partial charge on any atom is 0.133 e. The van der Waals surface area contributed by atoms with Crippen LogP contribution in [0.4, 0.5) is 0 Å². The van der Waals surface area contributed by atoms with Crippen LogP contribution in [0.1, 0.15) is 45.2 Å². The molecule has 1 saturated heterocycles. The first-order chi connectivity index (χ1) is 29.3. The highest BCUT2D eigenvalue weighted by molar-refractivity contribution is 7.22. The minimum Gasteiger partial charge on any atom is -0.236 e. The van der Waals surface area contributed by atoms with E-state index < -0.39 is 8.07 Å². The van der Waals surface area contributed by atoms with Crippen molar-refractivity contribution in [1.82, 2.24) is 9.97 Å². The fourth-order valence-electron chi connectivity index (χ4n) is 10.2. The minimum absolute atomic E-state index is 0.188. The second-order valence-corrected chi connectivity index (χ2v) is 21.8. The van der Waals surface area contributed by atoms with Crippen molar-refractivity contribution in [2.45, 2.75) is 22.9 Å². The highest BCUT2D eigenvalue weighted by atomic mass is 32.1. The topological polar surface area (TPSA) is 25.8 Å². The van der Waals surface area contributed by atoms with Gasteiger partial charge in [-0.05, 0) is 69.4 Å². The molecule has 0 saturated carbocycles. The Morgan fingerprint density at radius 2 is 0.661 bits per heavy atom. The SMILES string of the molecule is c1ccc(C2C(c3ccccc3)C(c3ccc(-c4nc5ccccc5s4)cc3)[Si](c3ccccc3)(c3ccccc3)C2c2ccc(-c3nc4ccccc4s3)cc2)cc1. The Kier molecular flexibility index (Phi) is 9.23. The molecule has 2 aromatic heterocycles. The molecule has 11 rings (SSSR count). The summed E-state index contributed by atoms with van der Waals surface area (Å²) in [7, 11) is -2.89. The van der Waals surface area contributed by atoms with Crippen LogP contribution in [0.15, 0.2) is 218 Å². The number of para-hydroxylation sites is 2. The van der Waals surface area contributed by atoms with E-state index in [0.717, 1.165) is 32.2 Å². The van der Waals surface area contributed by atoms with Gasteiger partial charge < -0.3 is 0 Å². The predicted molar refractivity (Wildman–Crippen MR) is 252 cm³/mol. The molecule has 8 aromatic carbocycles. The number of aromatic nitrogens is 2. The van der Waals surface area contributed by atoms with Crippen molar-refractivity contribution in [1.29, 1.82) is 0 Å². The van der Waals surface area contributed by atoms with Gasteiger partial charge in [0.15, 0.2) is 0 Å². The molecule has 1 aliphatic rings. The first-order valence-electron chi connectivity index (χ1n) is 20.4. The third kappa shape index (κ3) is 6.20. The van der Waals surface area contributed by atoms with E-state index in [1.807, 2.05) is 0 Å². The van der Waals surface area contributed by atoms with Gasteiger partial charge in [-0.25, -0.2) is 9.97 Å². The Morgan fingerprint density at radius 3 is 1.03 bits per heavy atom. The van der Waals surface area contributed by atoms with Gasteiger partial charge in [0, 0.05) is 11.1 Å². The average Bonchev–Trinajstić information content (AvgIpc) is 4.04. The zero-order valence-electron chi connectivity index (χ0n) is 32.3. The van der Waals surface area contributed by atoms with Crippen LogP contribution in [-0.4, -0.2) is 18.0 Å². The van der Waals surface area contributed by atoms with Crippen molar-refractivity contribution < 1.29 is 0 Å². The zero-order chi connectivity index (χ0) is 39.2. The summed E-state index contributed by atoms with van der Waals surface area (Å²) in [4.78, 5) is 10.1. The molecule has 5 heteroatoms. The summed E-state index contributed by atoms with van der Waals surface area (Å²) in [5.74, 6) is 0.376. The summed E-state index contributed by atoms with van der Waals surface area (Å²) in [6, 6.07) is 82.0. The van der Waals surface area contributed by atoms with Crippen molar-refractivity contribution >= 4 is 61.6 Å². The van der Waals surface area contributed by atoms with Crippen LogP contribution in [0.3, 0.4) is 0 Å². The summed E-state index contributed by atoms with van der Waals surface area (Å²) in [5.41, 5.74) is 10.4. The highest BCUT2D eigenvalue weighted by Crippen LogP contribution is 2.63. The summed E-state index contributed by atoms with van der Waals surface area (Å²) < 4.78 is 2.43. The molecule has 4 atom stereocenters. The van der Waals surface area contributed by atoms with E-state index in [2.05, 4.69) is 218 Å². The fraction of sp³-hybridized carbons (Fsp3) is 0.0741. The zero-order valence-corrected chi connectivity index (χ0v) is 34.9. The minimum atomic E-state index is -2.89. The number of benzene rings is 8. The first-order valence-corrected chi connectivity index (χ1v) is 24.2. The van der Waals surface area contributed by atoms with Crippen LogP contribution in [0.5, 0.6) is 0 Å². The molecule has 59 heavy (non-hydrogen) atoms. The molecular weight excluding hydrogens is 769 g/mol. The molecule has 0 N–H and O–H groups in total. The lowest BCUT2D eigenvalue weighted by molar-refractivity contribution is 0.553. The number of fused-ring (bicyclic) bond motifs is 2. The molecule has 0 radical (unpaired) electrons. The molecule has 1 fully saturated rings. The van der Waals surface area contributed by atoms with E-state index in [1.165, 1.54) is 42.0 Å². The predicted octanol–water partition coefficient (Wildman–Crippen LogP) is 13.0. The van der Waals surface area contributed by atoms with Crippen molar-refractivity contribution in [2.75, 3.05) is 0 Å². The summed E-state index contributed by atoms with van der Waals surface area (Å²) in [6.07, 6.45) is 0. The van der Waals surface area contributed by atoms with Gasteiger partial charge in [0.1, 0.15) is 18.1 Å². The fourth-order valence-corrected chi connectivity index (χ4v) is 19.2. The standard InChI is InChI=1S/C54H40N2S2Si/c1-5-17-37(18-6-1)49-50(38-19-7-2-8-20-38)52(40-31-35-42(36-32-40)54-56-46-26-14-16-28-48(46)58-54)59(43-21-9-3-10-22-43,44-23-11-4-12-24-44)51(49)39-29-33-41(34-30-39)53-55-45-25-13-15-27-47(45)57-53/h1-36,49-52H. The van der Waals surface area contributed by atoms with Crippen LogP contribution in [0, 0.1) is 0 Å². The van der Waals surface area contributed by atoms with Gasteiger partial charge in [-0.15, -0.1) is 22.7 Å². The van der Waals surface area contributed by atoms with Gasteiger partial charge in [-0.3, -0.25) is 0 Å². The van der Waals surface area contributed by atoms with Gasteiger partial charge in [0.2, 0.25) is 0 Å². The third-order valence-corrected chi connectivity index (χ3v) is 20.7. The van der Waals surface area contributed by atoms with Crippen LogP contribution < -0.4 is 10.4 Å². The lowest BCUT2D eigenvalue weighted by Crippen LogP contribution is -2.64. The normalized spacial score (nSPS) is 18.6. The van der Waals surface area contributed by atoms with E-state index in [0.29, 0.717) is 0 Å². The molecule has 4 unspecified atom stereocenters. The summed E-state index contributed by atoms with van der Waals surface area (Å²) in [6.45, 7) is 0. The van der Waals surface area contributed by atoms with Crippen LogP contribution in [0.25, 0.3) is 41.6 Å². The number of rotatable bonds is 8. The highest BCUT2D eigenvalue weighted by Gasteiger charge is 2.64. The second kappa shape index (κ2) is 15.2. The van der Waals surface area contributed by atoms with E-state index in [4.69, 9.17) is 9.97 Å². The van der Waals surface area contributed by atoms with Gasteiger partial charge in [-0.1, -0.05) is 204 Å². The van der Waals surface area contributed by atoms with Crippen molar-refractivity contribution in [3.8, 4) is 21.1 Å². The van der Waals surface area contributed by atoms with Gasteiger partial charge in [-0.2, -0.15) is 0 Å². The van der Waals surface area contributed by atoms with Crippen molar-refractivity contribution in [3.05, 3.63) is 241 Å². The summed E-state index contributed by atoms with van der Waals surface area (Å²) >= 11 is 3.54. The van der Waals surface area contributed by atoms with E-state index in [1.54, 1.807) is 22.7 Å². The molecule has 10 aromatic rings. The van der Waals surface area contributed by atoms with Crippen molar-refractivity contribution in [2.24, 2.45) is 0 Å². The lowest BCUT2D eigenvalue weighted by Gasteiger charge is -2.41. The lowest BCUT2D eigenvalue weighted by atomic mass is 9.75. The molecule has 0 spiro atoms. The van der Waals surface area contributed by atoms with E-state index >= 15 is 0 Å². The largest absolute Gasteiger partial charge is 0.236 e. The van der Waals surface area contributed by atoms with Crippen LogP contribution >= 0.6 is 22.7 Å². The molecule has 0 amide bonds. The molecule has 3 heterocycles.